The minimum atomic E-state index is -0.923. The molecule has 0 heterocycles. The highest BCUT2D eigenvalue weighted by Crippen LogP contribution is 2.07. The lowest BCUT2D eigenvalue weighted by Gasteiger charge is -2.26. The van der Waals surface area contributed by atoms with Crippen LogP contribution in [0, 0.1) is 11.8 Å². The first-order valence-corrected chi connectivity index (χ1v) is 10.9. The molecule has 0 saturated heterocycles. The lowest BCUT2D eigenvalue weighted by molar-refractivity contribution is -0.134. The van der Waals surface area contributed by atoms with Crippen molar-refractivity contribution < 1.29 is 19.2 Å². The Morgan fingerprint density at radius 2 is 1.44 bits per heavy atom. The van der Waals surface area contributed by atoms with Gasteiger partial charge in [-0.1, -0.05) is 58.0 Å². The molecule has 1 rings (SSSR count). The van der Waals surface area contributed by atoms with Crippen LogP contribution in [0.1, 0.15) is 46.6 Å². The Morgan fingerprint density at radius 3 is 1.94 bits per heavy atom. The maximum atomic E-state index is 12.8. The van der Waals surface area contributed by atoms with Crippen LogP contribution in [0.4, 0.5) is 0 Å². The Labute approximate surface area is 190 Å². The molecular weight excluding hydrogens is 410 g/mol. The number of hydrogen-bond donors (Lipinski definition) is 5. The molecule has 1 aromatic carbocycles. The maximum absolute atomic E-state index is 12.8. The van der Waals surface area contributed by atoms with Crippen molar-refractivity contribution in [1.82, 2.24) is 16.0 Å². The molecule has 0 spiro atoms. The predicted molar refractivity (Wildman–Crippen MR) is 123 cm³/mol. The van der Waals surface area contributed by atoms with Crippen molar-refractivity contribution in [3.63, 3.8) is 0 Å². The van der Waals surface area contributed by atoms with Crippen molar-refractivity contribution in [3.8, 4) is 0 Å². The quantitative estimate of drug-likeness (QED) is 0.310. The van der Waals surface area contributed by atoms with Gasteiger partial charge in [0.2, 0.25) is 23.6 Å². The van der Waals surface area contributed by atoms with Gasteiger partial charge in [-0.3, -0.25) is 19.2 Å². The molecule has 9 nitrogen and oxygen atoms in total. The first-order chi connectivity index (χ1) is 14.9. The molecule has 1 aromatic rings. The molecule has 0 aliphatic carbocycles. The van der Waals surface area contributed by atoms with Crippen LogP contribution in [-0.2, 0) is 25.6 Å². The molecule has 0 unspecified atom stereocenters. The van der Waals surface area contributed by atoms with E-state index in [1.165, 1.54) is 6.92 Å². The lowest BCUT2D eigenvalue weighted by Crippen LogP contribution is -2.58. The third-order valence-corrected chi connectivity index (χ3v) is 5.00. The number of amides is 4. The van der Waals surface area contributed by atoms with Crippen molar-refractivity contribution in [2.75, 3.05) is 0 Å². The first kappa shape index (κ1) is 27.1. The van der Waals surface area contributed by atoms with Crippen LogP contribution in [0.25, 0.3) is 0 Å². The topological polar surface area (TPSA) is 156 Å². The standard InChI is InChI=1S/C23H37N5O4/c1-13(2)11-18(20(25)29)27-21(30)15(5)26-23(32)19(14(3)4)28-22(31)17(24)12-16-9-7-6-8-10-16/h6-10,13-15,17-19H,11-12,24H2,1-5H3,(H2,25,29)(H,26,32)(H,27,30)(H,28,31)/t15-,17-,18-,19-/m0/s1. The zero-order valence-electron chi connectivity index (χ0n) is 19.6. The van der Waals surface area contributed by atoms with Gasteiger partial charge in [-0.15, -0.1) is 0 Å². The fraction of sp³-hybridized carbons (Fsp3) is 0.565. The zero-order valence-corrected chi connectivity index (χ0v) is 19.6. The van der Waals surface area contributed by atoms with E-state index in [1.54, 1.807) is 13.8 Å². The molecule has 0 fully saturated rings. The number of nitrogens with two attached hydrogens (primary N) is 2. The van der Waals surface area contributed by atoms with Crippen LogP contribution in [0.15, 0.2) is 30.3 Å². The van der Waals surface area contributed by atoms with Crippen molar-refractivity contribution >= 4 is 23.6 Å². The van der Waals surface area contributed by atoms with Gasteiger partial charge in [-0.2, -0.15) is 0 Å². The van der Waals surface area contributed by atoms with E-state index in [-0.39, 0.29) is 11.8 Å². The average Bonchev–Trinajstić information content (AvgIpc) is 2.70. The maximum Gasteiger partial charge on any atom is 0.243 e. The molecule has 0 radical (unpaired) electrons. The van der Waals surface area contributed by atoms with Gasteiger partial charge in [0.1, 0.15) is 18.1 Å². The summed E-state index contributed by atoms with van der Waals surface area (Å²) in [7, 11) is 0. The predicted octanol–water partition coefficient (Wildman–Crippen LogP) is 0.218. The molecule has 7 N–H and O–H groups in total. The van der Waals surface area contributed by atoms with Gasteiger partial charge in [0, 0.05) is 0 Å². The largest absolute Gasteiger partial charge is 0.368 e. The Balaban J connectivity index is 2.71. The second kappa shape index (κ2) is 12.8. The van der Waals surface area contributed by atoms with E-state index in [4.69, 9.17) is 11.5 Å². The Kier molecular flexibility index (Phi) is 10.8. The van der Waals surface area contributed by atoms with Crippen molar-refractivity contribution in [2.24, 2.45) is 23.3 Å². The molecule has 0 aliphatic heterocycles. The molecule has 0 bridgehead atoms. The van der Waals surface area contributed by atoms with E-state index in [0.29, 0.717) is 12.8 Å². The summed E-state index contributed by atoms with van der Waals surface area (Å²) in [6.07, 6.45) is 0.730. The third kappa shape index (κ3) is 9.05. The van der Waals surface area contributed by atoms with Gasteiger partial charge in [0.15, 0.2) is 0 Å². The molecule has 0 saturated carbocycles. The summed E-state index contributed by atoms with van der Waals surface area (Å²) in [5, 5.41) is 7.85. The van der Waals surface area contributed by atoms with Gasteiger partial charge in [-0.05, 0) is 37.2 Å². The van der Waals surface area contributed by atoms with Crippen LogP contribution in [0.5, 0.6) is 0 Å². The highest BCUT2D eigenvalue weighted by Gasteiger charge is 2.29. The van der Waals surface area contributed by atoms with Gasteiger partial charge in [0.05, 0.1) is 6.04 Å². The second-order valence-electron chi connectivity index (χ2n) is 8.85. The van der Waals surface area contributed by atoms with Crippen LogP contribution in [0.3, 0.4) is 0 Å². The smallest absolute Gasteiger partial charge is 0.243 e. The number of carbonyl (C=O) groups excluding carboxylic acids is 4. The fourth-order valence-electron chi connectivity index (χ4n) is 3.14. The Bertz CT molecular complexity index is 782. The zero-order chi connectivity index (χ0) is 24.4. The monoisotopic (exact) mass is 447 g/mol. The van der Waals surface area contributed by atoms with Gasteiger partial charge >= 0.3 is 0 Å². The summed E-state index contributed by atoms with van der Waals surface area (Å²) in [5.74, 6) is -2.22. The lowest BCUT2D eigenvalue weighted by atomic mass is 10.0. The fourth-order valence-corrected chi connectivity index (χ4v) is 3.14. The van der Waals surface area contributed by atoms with Crippen molar-refractivity contribution in [3.05, 3.63) is 35.9 Å². The SMILES string of the molecule is CC(C)C[C@H](NC(=O)[C@H](C)NC(=O)[C@@H](NC(=O)[C@@H](N)Cc1ccccc1)C(C)C)C(N)=O. The van der Waals surface area contributed by atoms with Crippen LogP contribution < -0.4 is 27.4 Å². The number of carbonyl (C=O) groups is 4. The normalized spacial score (nSPS) is 14.9. The van der Waals surface area contributed by atoms with E-state index in [9.17, 15) is 19.2 Å². The average molecular weight is 448 g/mol. The summed E-state index contributed by atoms with van der Waals surface area (Å²) in [6.45, 7) is 8.88. The summed E-state index contributed by atoms with van der Waals surface area (Å²) < 4.78 is 0. The number of rotatable bonds is 12. The van der Waals surface area contributed by atoms with Gasteiger partial charge in [0.25, 0.3) is 0 Å². The highest BCUT2D eigenvalue weighted by molar-refractivity contribution is 5.94. The number of primary amides is 1. The molecular formula is C23H37N5O4. The van der Waals surface area contributed by atoms with Crippen molar-refractivity contribution in [2.45, 2.75) is 71.6 Å². The molecule has 9 heteroatoms. The van der Waals surface area contributed by atoms with Gasteiger partial charge in [-0.25, -0.2) is 0 Å². The Morgan fingerprint density at radius 1 is 0.844 bits per heavy atom. The summed E-state index contributed by atoms with van der Waals surface area (Å²) in [6, 6.07) is 5.91. The summed E-state index contributed by atoms with van der Waals surface area (Å²) in [4.78, 5) is 49.4. The molecule has 4 amide bonds. The van der Waals surface area contributed by atoms with E-state index < -0.39 is 47.8 Å². The number of nitrogens with one attached hydrogen (secondary N) is 3. The molecule has 178 valence electrons. The Hall–Kier alpha value is -2.94. The van der Waals surface area contributed by atoms with Gasteiger partial charge < -0.3 is 27.4 Å². The highest BCUT2D eigenvalue weighted by atomic mass is 16.2. The minimum Gasteiger partial charge on any atom is -0.368 e. The molecule has 0 aliphatic rings. The first-order valence-electron chi connectivity index (χ1n) is 10.9. The van der Waals surface area contributed by atoms with Crippen LogP contribution >= 0.6 is 0 Å². The van der Waals surface area contributed by atoms with E-state index in [1.807, 2.05) is 44.2 Å². The molecule has 4 atom stereocenters. The van der Waals surface area contributed by atoms with Crippen molar-refractivity contribution in [1.29, 1.82) is 0 Å². The second-order valence-corrected chi connectivity index (χ2v) is 8.85. The summed E-state index contributed by atoms with van der Waals surface area (Å²) in [5.41, 5.74) is 12.3. The number of hydrogen-bond acceptors (Lipinski definition) is 5. The van der Waals surface area contributed by atoms with E-state index in [2.05, 4.69) is 16.0 Å². The van der Waals surface area contributed by atoms with Crippen LogP contribution in [0.2, 0.25) is 0 Å². The molecule has 32 heavy (non-hydrogen) atoms. The molecule has 0 aromatic heterocycles. The minimum absolute atomic E-state index is 0.151. The van der Waals surface area contributed by atoms with E-state index in [0.717, 1.165) is 5.56 Å². The summed E-state index contributed by atoms with van der Waals surface area (Å²) >= 11 is 0. The number of benzene rings is 1. The van der Waals surface area contributed by atoms with Crippen LogP contribution in [-0.4, -0.2) is 47.8 Å². The van der Waals surface area contributed by atoms with E-state index >= 15 is 0 Å². The third-order valence-electron chi connectivity index (χ3n) is 5.00.